The molecular formula is C19H23NO3. The summed E-state index contributed by atoms with van der Waals surface area (Å²) in [5.74, 6) is 0.780. The van der Waals surface area contributed by atoms with Crippen LogP contribution in [0.2, 0.25) is 0 Å². The lowest BCUT2D eigenvalue weighted by molar-refractivity contribution is 0.218. The van der Waals surface area contributed by atoms with E-state index >= 15 is 0 Å². The standard InChI is InChI=1S/C19H23NO3/c1-20-10-9-14-11-19(23-2)18(22)12-16(14)17(20)8-5-13-3-6-15(21)7-4-13/h3-4,6-7,11-12,17,21-22H,5,8-10H2,1-2H3/i2T,8+2. The highest BCUT2D eigenvalue weighted by molar-refractivity contribution is 5.48. The second kappa shape index (κ2) is 6.50. The zero-order valence-corrected chi connectivity index (χ0v) is 13.3. The molecule has 1 unspecified atom stereocenters. The summed E-state index contributed by atoms with van der Waals surface area (Å²) in [6.07, 6.45) is 2.75. The summed E-state index contributed by atoms with van der Waals surface area (Å²) < 4.78 is 12.4. The minimum Gasteiger partial charge on any atom is -0.508 e. The summed E-state index contributed by atoms with van der Waals surface area (Å²) in [4.78, 5) is 2.31. The van der Waals surface area contributed by atoms with Crippen LogP contribution in [0.1, 0.15) is 30.5 Å². The second-order valence-electron chi connectivity index (χ2n) is 6.11. The van der Waals surface area contributed by atoms with Gasteiger partial charge in [-0.3, -0.25) is 4.90 Å². The van der Waals surface area contributed by atoms with Crippen LogP contribution in [0.5, 0.6) is 17.2 Å². The van der Waals surface area contributed by atoms with Crippen molar-refractivity contribution in [1.29, 1.82) is 0 Å². The van der Waals surface area contributed by atoms with Crippen molar-refractivity contribution in [3.8, 4) is 17.2 Å². The molecule has 2 aromatic rings. The zero-order chi connectivity index (χ0) is 17.1. The van der Waals surface area contributed by atoms with Gasteiger partial charge in [-0.1, -0.05) is 12.1 Å². The van der Waals surface area contributed by atoms with Gasteiger partial charge in [0.2, 0.25) is 0 Å². The molecule has 4 heteroatoms. The number of likely N-dealkylation sites (N-methyl/N-ethyl adjacent to an activating group) is 1. The molecular weight excluding hydrogens is 292 g/mol. The molecule has 1 aliphatic rings. The minimum atomic E-state index is -0.198. The molecule has 0 amide bonds. The van der Waals surface area contributed by atoms with Crippen LogP contribution in [-0.2, 0) is 12.8 Å². The fraction of sp³-hybridized carbons (Fsp3) is 0.368. The van der Waals surface area contributed by atoms with E-state index < -0.39 is 0 Å². The third kappa shape index (κ3) is 3.27. The maximum absolute atomic E-state index is 10.2. The van der Waals surface area contributed by atoms with Crippen LogP contribution in [0.25, 0.3) is 0 Å². The first-order chi connectivity index (χ1) is 11.6. The first-order valence-electron chi connectivity index (χ1n) is 8.55. The van der Waals surface area contributed by atoms with E-state index in [1.165, 1.54) is 11.1 Å². The first-order valence-corrected chi connectivity index (χ1v) is 7.84. The molecule has 2 aromatic carbocycles. The lowest BCUT2D eigenvalue weighted by Gasteiger charge is -2.35. The van der Waals surface area contributed by atoms with E-state index in [2.05, 4.69) is 11.9 Å². The summed E-state index contributed by atoms with van der Waals surface area (Å²) in [5.41, 5.74) is 3.51. The fourth-order valence-corrected chi connectivity index (χ4v) is 3.30. The Labute approximate surface area is 138 Å². The molecule has 1 aliphatic heterocycles. The molecule has 0 fully saturated rings. The fourth-order valence-electron chi connectivity index (χ4n) is 3.30. The molecule has 0 spiro atoms. The average molecular weight is 317 g/mol. The van der Waals surface area contributed by atoms with Crippen LogP contribution >= 0.6 is 0 Å². The lowest BCUT2D eigenvalue weighted by Crippen LogP contribution is -2.32. The highest BCUT2D eigenvalue weighted by atomic mass is 16.5. The minimum absolute atomic E-state index is 0.103. The van der Waals surface area contributed by atoms with Crippen molar-refractivity contribution in [2.75, 3.05) is 20.7 Å². The Kier molecular flexibility index (Phi) is 4.07. The summed E-state index contributed by atoms with van der Waals surface area (Å²) in [6.45, 7) is 0.957. The molecule has 2 N–H and O–H groups in total. The Morgan fingerprint density at radius 1 is 1.30 bits per heavy atom. The van der Waals surface area contributed by atoms with Crippen molar-refractivity contribution in [1.82, 2.24) is 4.90 Å². The Morgan fingerprint density at radius 2 is 2.09 bits per heavy atom. The van der Waals surface area contributed by atoms with Gasteiger partial charge in [0.15, 0.2) is 11.5 Å². The van der Waals surface area contributed by atoms with Crippen LogP contribution in [0, 0.1) is 0 Å². The van der Waals surface area contributed by atoms with Gasteiger partial charge < -0.3 is 14.9 Å². The molecule has 1 heterocycles. The van der Waals surface area contributed by atoms with Gasteiger partial charge in [0.1, 0.15) is 5.75 Å². The van der Waals surface area contributed by atoms with E-state index in [1.807, 2.05) is 18.2 Å². The topological polar surface area (TPSA) is 52.9 Å². The number of hydrogen-bond acceptors (Lipinski definition) is 4. The molecule has 0 saturated carbocycles. The highest BCUT2D eigenvalue weighted by Crippen LogP contribution is 2.38. The number of aromatic hydroxyl groups is 2. The van der Waals surface area contributed by atoms with E-state index in [4.69, 9.17) is 6.11 Å². The predicted molar refractivity (Wildman–Crippen MR) is 90.2 cm³/mol. The number of methoxy groups -OCH3 is 1. The molecule has 4 nitrogen and oxygen atoms in total. The van der Waals surface area contributed by atoms with Crippen molar-refractivity contribution in [3.05, 3.63) is 53.1 Å². The van der Waals surface area contributed by atoms with Crippen molar-refractivity contribution in [2.24, 2.45) is 0 Å². The number of ether oxygens (including phenoxy) is 1. The largest absolute Gasteiger partial charge is 0.508 e. The van der Waals surface area contributed by atoms with Gasteiger partial charge in [0, 0.05) is 12.6 Å². The maximum Gasteiger partial charge on any atom is 0.160 e. The van der Waals surface area contributed by atoms with Crippen LogP contribution in [-0.4, -0.2) is 35.8 Å². The molecule has 0 aliphatic carbocycles. The SMILES string of the molecule is [3H]COc1cc2c(cc1O)C([14CH2]Cc1ccc(O)cc1)N(C)CC2. The summed E-state index contributed by atoms with van der Waals surface area (Å²) in [6, 6.07) is 11.2. The maximum atomic E-state index is 10.2. The number of rotatable bonds is 4. The molecule has 0 bridgehead atoms. The molecule has 3 rings (SSSR count). The average Bonchev–Trinajstić information content (AvgIpc) is 2.57. The normalized spacial score (nSPS) is 18.3. The van der Waals surface area contributed by atoms with Crippen LogP contribution < -0.4 is 4.74 Å². The Balaban J connectivity index is 1.81. The molecule has 0 radical (unpaired) electrons. The van der Waals surface area contributed by atoms with Gasteiger partial charge in [-0.2, -0.15) is 0 Å². The molecule has 122 valence electrons. The van der Waals surface area contributed by atoms with Gasteiger partial charge in [-0.05, 0) is 67.3 Å². The van der Waals surface area contributed by atoms with E-state index in [-0.39, 0.29) is 24.6 Å². The number of phenols is 2. The van der Waals surface area contributed by atoms with E-state index in [1.54, 1.807) is 18.2 Å². The third-order valence-corrected chi connectivity index (χ3v) is 4.64. The van der Waals surface area contributed by atoms with E-state index in [9.17, 15) is 10.2 Å². The van der Waals surface area contributed by atoms with Gasteiger partial charge in [0.05, 0.1) is 8.46 Å². The van der Waals surface area contributed by atoms with E-state index in [0.717, 1.165) is 31.4 Å². The third-order valence-electron chi connectivity index (χ3n) is 4.64. The van der Waals surface area contributed by atoms with Gasteiger partial charge in [-0.15, -0.1) is 0 Å². The van der Waals surface area contributed by atoms with Crippen molar-refractivity contribution in [2.45, 2.75) is 25.3 Å². The second-order valence-corrected chi connectivity index (χ2v) is 6.11. The molecule has 0 saturated heterocycles. The molecule has 0 aromatic heterocycles. The number of fused-ring (bicyclic) bond motifs is 1. The Bertz CT molecular complexity index is 703. The number of benzene rings is 2. The van der Waals surface area contributed by atoms with Gasteiger partial charge in [-0.25, -0.2) is 0 Å². The molecule has 23 heavy (non-hydrogen) atoms. The van der Waals surface area contributed by atoms with Gasteiger partial charge in [0.25, 0.3) is 0 Å². The van der Waals surface area contributed by atoms with Crippen molar-refractivity contribution < 1.29 is 16.3 Å². The van der Waals surface area contributed by atoms with Gasteiger partial charge >= 0.3 is 0 Å². The number of hydrogen-bond donors (Lipinski definition) is 2. The quantitative estimate of drug-likeness (QED) is 0.909. The number of aryl methyl sites for hydroxylation is 1. The smallest absolute Gasteiger partial charge is 0.160 e. The van der Waals surface area contributed by atoms with E-state index in [0.29, 0.717) is 5.75 Å². The molecule has 1 atom stereocenters. The number of nitrogens with zero attached hydrogens (tertiary/aromatic N) is 1. The van der Waals surface area contributed by atoms with Crippen LogP contribution in [0.4, 0.5) is 0 Å². The van der Waals surface area contributed by atoms with Crippen molar-refractivity contribution >= 4 is 0 Å². The Morgan fingerprint density at radius 3 is 2.83 bits per heavy atom. The first kappa shape index (κ1) is 14.4. The predicted octanol–water partition coefficient (Wildman–Crippen LogP) is 3.27. The summed E-state index contributed by atoms with van der Waals surface area (Å²) in [7, 11) is 1.91. The summed E-state index contributed by atoms with van der Waals surface area (Å²) in [5, 5.41) is 19.5. The summed E-state index contributed by atoms with van der Waals surface area (Å²) >= 11 is 0. The highest BCUT2D eigenvalue weighted by Gasteiger charge is 2.26. The zero-order valence-electron chi connectivity index (χ0n) is 14.3. The van der Waals surface area contributed by atoms with Crippen LogP contribution in [0.3, 0.4) is 0 Å². The Hall–Kier alpha value is -2.20. The van der Waals surface area contributed by atoms with Crippen LogP contribution in [0.15, 0.2) is 36.4 Å². The monoisotopic (exact) mass is 317 g/mol. The van der Waals surface area contributed by atoms with Crippen molar-refractivity contribution in [3.63, 3.8) is 0 Å². The lowest BCUT2D eigenvalue weighted by atomic mass is 9.96. The number of phenolic OH excluding ortho intramolecular Hbond substituents is 2.